The number of aliphatic hydroxyl groups excluding tert-OH is 1. The van der Waals surface area contributed by atoms with Gasteiger partial charge in [-0.2, -0.15) is 0 Å². The maximum absolute atomic E-state index is 9.87. The topological polar surface area (TPSA) is 38.7 Å². The zero-order valence-electron chi connectivity index (χ0n) is 7.78. The summed E-state index contributed by atoms with van der Waals surface area (Å²) in [6.07, 6.45) is 0.294. The fourth-order valence-corrected chi connectivity index (χ4v) is 2.47. The predicted molar refractivity (Wildman–Crippen MR) is 46.8 cm³/mol. The van der Waals surface area contributed by atoms with Gasteiger partial charge in [-0.05, 0) is 13.3 Å². The lowest BCUT2D eigenvalue weighted by atomic mass is 9.89. The number of ether oxygens (including phenoxy) is 2. The Morgan fingerprint density at radius 3 is 2.58 bits per heavy atom. The van der Waals surface area contributed by atoms with Crippen molar-refractivity contribution < 1.29 is 14.6 Å². The molecule has 4 heteroatoms. The Morgan fingerprint density at radius 2 is 2.25 bits per heavy atom. The highest BCUT2D eigenvalue weighted by atomic mass is 16.6. The summed E-state index contributed by atoms with van der Waals surface area (Å²) in [4.78, 5) is 0. The van der Waals surface area contributed by atoms with E-state index < -0.39 is 11.7 Å². The van der Waals surface area contributed by atoms with Crippen molar-refractivity contribution in [3.05, 3.63) is 0 Å². The molecule has 68 valence electrons. The fraction of sp³-hybridized carbons (Fsp3) is 1.00. The second kappa shape index (κ2) is 2.47. The second-order valence-electron chi connectivity index (χ2n) is 3.82. The van der Waals surface area contributed by atoms with E-state index in [1.807, 2.05) is 21.7 Å². The van der Waals surface area contributed by atoms with E-state index in [-0.39, 0.29) is 18.2 Å². The van der Waals surface area contributed by atoms with E-state index in [0.29, 0.717) is 0 Å². The Kier molecular flexibility index (Phi) is 1.76. The highest BCUT2D eigenvalue weighted by Crippen LogP contribution is 2.45. The van der Waals surface area contributed by atoms with Gasteiger partial charge in [0.15, 0.2) is 0 Å². The molecule has 0 radical (unpaired) electrons. The lowest BCUT2D eigenvalue weighted by molar-refractivity contribution is -0.158. The van der Waals surface area contributed by atoms with Crippen molar-refractivity contribution in [1.82, 2.24) is 0 Å². The van der Waals surface area contributed by atoms with E-state index in [0.717, 1.165) is 6.42 Å². The van der Waals surface area contributed by atoms with Crippen LogP contribution in [0.3, 0.4) is 0 Å². The van der Waals surface area contributed by atoms with Crippen LogP contribution < -0.4 is 0 Å². The normalized spacial score (nSPS) is 57.9. The van der Waals surface area contributed by atoms with Crippen molar-refractivity contribution in [1.29, 1.82) is 0 Å². The molecule has 5 atom stereocenters. The molecule has 0 spiro atoms. The first-order chi connectivity index (χ1) is 5.62. The lowest BCUT2D eigenvalue weighted by Gasteiger charge is -2.34. The smallest absolute Gasteiger partial charge is 0.142 e. The molecule has 2 saturated heterocycles. The van der Waals surface area contributed by atoms with Crippen molar-refractivity contribution >= 4 is 7.85 Å². The van der Waals surface area contributed by atoms with Crippen LogP contribution in [-0.4, -0.2) is 42.9 Å². The first-order valence-electron chi connectivity index (χ1n) is 4.63. The largest absolute Gasteiger partial charge is 0.387 e. The van der Waals surface area contributed by atoms with Crippen LogP contribution in [-0.2, 0) is 9.47 Å². The van der Waals surface area contributed by atoms with Gasteiger partial charge >= 0.3 is 0 Å². The number of hydrogen-bond donors (Lipinski definition) is 1. The van der Waals surface area contributed by atoms with Gasteiger partial charge in [0.2, 0.25) is 0 Å². The molecule has 3 nitrogen and oxygen atoms in total. The fourth-order valence-electron chi connectivity index (χ4n) is 2.47. The molecule has 0 aliphatic carbocycles. The first-order valence-corrected chi connectivity index (χ1v) is 4.63. The standard InChI is InChI=1S/C8H15BO3/c1-3-8-4(2)11-5(6(8)10)7(9)12-8/h4-7,10H,3,9H2,1-2H3/t4-,5-,6+,7-,8+/m1/s1. The summed E-state index contributed by atoms with van der Waals surface area (Å²) >= 11 is 0. The third-order valence-electron chi connectivity index (χ3n) is 3.28. The molecule has 2 fully saturated rings. The van der Waals surface area contributed by atoms with E-state index in [2.05, 4.69) is 0 Å². The van der Waals surface area contributed by atoms with Crippen molar-refractivity contribution in [3.8, 4) is 0 Å². The van der Waals surface area contributed by atoms with Crippen molar-refractivity contribution in [2.24, 2.45) is 0 Å². The lowest BCUT2D eigenvalue weighted by Crippen LogP contribution is -2.46. The van der Waals surface area contributed by atoms with Crippen LogP contribution in [0.1, 0.15) is 20.3 Å². The maximum Gasteiger partial charge on any atom is 0.142 e. The minimum Gasteiger partial charge on any atom is -0.387 e. The highest BCUT2D eigenvalue weighted by Gasteiger charge is 2.62. The summed E-state index contributed by atoms with van der Waals surface area (Å²) < 4.78 is 11.4. The van der Waals surface area contributed by atoms with Gasteiger partial charge in [0.05, 0.1) is 12.1 Å². The van der Waals surface area contributed by atoms with E-state index in [1.54, 1.807) is 0 Å². The minimum absolute atomic E-state index is 0.0266. The van der Waals surface area contributed by atoms with E-state index in [4.69, 9.17) is 9.47 Å². The number of fused-ring (bicyclic) bond motifs is 2. The Morgan fingerprint density at radius 1 is 1.58 bits per heavy atom. The Balaban J connectivity index is 2.30. The van der Waals surface area contributed by atoms with Crippen LogP contribution in [0.25, 0.3) is 0 Å². The molecule has 2 heterocycles. The van der Waals surface area contributed by atoms with E-state index in [1.165, 1.54) is 0 Å². The van der Waals surface area contributed by atoms with Gasteiger partial charge in [0.1, 0.15) is 25.7 Å². The van der Waals surface area contributed by atoms with E-state index in [9.17, 15) is 5.11 Å². The van der Waals surface area contributed by atoms with Crippen molar-refractivity contribution in [3.63, 3.8) is 0 Å². The molecule has 0 aromatic heterocycles. The average molecular weight is 170 g/mol. The van der Waals surface area contributed by atoms with Crippen molar-refractivity contribution in [2.45, 2.75) is 50.2 Å². The summed E-state index contributed by atoms with van der Waals surface area (Å²) in [6, 6.07) is 0.0381. The van der Waals surface area contributed by atoms with Gasteiger partial charge in [-0.1, -0.05) is 6.92 Å². The molecule has 0 aromatic carbocycles. The SMILES string of the molecule is B[C@@H]1O[C@@]2(CC)[C@@H](C)O[C@@H]1[C@@H]2O. The van der Waals surface area contributed by atoms with Gasteiger partial charge < -0.3 is 14.6 Å². The predicted octanol–water partition coefficient (Wildman–Crippen LogP) is -0.727. The quantitative estimate of drug-likeness (QED) is 0.527. The van der Waals surface area contributed by atoms with Gasteiger partial charge in [0, 0.05) is 0 Å². The van der Waals surface area contributed by atoms with Crippen LogP contribution in [0, 0.1) is 0 Å². The number of aliphatic hydroxyl groups is 1. The Labute approximate surface area is 73.5 Å². The first kappa shape index (κ1) is 8.54. The molecular formula is C8H15BO3. The van der Waals surface area contributed by atoms with Gasteiger partial charge in [-0.3, -0.25) is 0 Å². The Bertz CT molecular complexity index is 199. The molecular weight excluding hydrogens is 155 g/mol. The minimum atomic E-state index is -0.438. The molecule has 0 unspecified atom stereocenters. The average Bonchev–Trinajstić information content (AvgIpc) is 2.41. The Hall–Kier alpha value is -0.0551. The summed E-state index contributed by atoms with van der Waals surface area (Å²) in [6.45, 7) is 4.00. The third kappa shape index (κ3) is 0.780. The molecule has 2 rings (SSSR count). The monoisotopic (exact) mass is 170 g/mol. The maximum atomic E-state index is 9.87. The summed E-state index contributed by atoms with van der Waals surface area (Å²) in [7, 11) is 1.96. The molecule has 12 heavy (non-hydrogen) atoms. The highest BCUT2D eigenvalue weighted by molar-refractivity contribution is 6.11. The molecule has 2 bridgehead atoms. The summed E-state index contributed by atoms with van der Waals surface area (Å²) in [5.74, 6) is 0. The van der Waals surface area contributed by atoms with Gasteiger partial charge in [0.25, 0.3) is 0 Å². The van der Waals surface area contributed by atoms with Crippen molar-refractivity contribution in [2.75, 3.05) is 0 Å². The van der Waals surface area contributed by atoms with Crippen LogP contribution in [0.15, 0.2) is 0 Å². The molecule has 1 N–H and O–H groups in total. The molecule has 2 aliphatic rings. The zero-order chi connectivity index (χ0) is 8.93. The van der Waals surface area contributed by atoms with Crippen LogP contribution in [0.4, 0.5) is 0 Å². The van der Waals surface area contributed by atoms with Gasteiger partial charge in [-0.25, -0.2) is 0 Å². The second-order valence-corrected chi connectivity index (χ2v) is 3.82. The number of hydrogen-bond acceptors (Lipinski definition) is 3. The van der Waals surface area contributed by atoms with Crippen LogP contribution >= 0.6 is 0 Å². The molecule has 0 aromatic rings. The molecule has 0 saturated carbocycles. The van der Waals surface area contributed by atoms with Crippen LogP contribution in [0.5, 0.6) is 0 Å². The zero-order valence-corrected chi connectivity index (χ0v) is 7.78. The molecule has 2 aliphatic heterocycles. The summed E-state index contributed by atoms with van der Waals surface area (Å²) in [5, 5.41) is 9.87. The third-order valence-corrected chi connectivity index (χ3v) is 3.28. The van der Waals surface area contributed by atoms with Gasteiger partial charge in [-0.15, -0.1) is 0 Å². The van der Waals surface area contributed by atoms with E-state index >= 15 is 0 Å². The van der Waals surface area contributed by atoms with Crippen LogP contribution in [0.2, 0.25) is 0 Å². The molecule has 0 amide bonds. The summed E-state index contributed by atoms with van der Waals surface area (Å²) in [5.41, 5.74) is -0.427. The number of rotatable bonds is 1.